The van der Waals surface area contributed by atoms with E-state index in [0.717, 1.165) is 36.4 Å². The van der Waals surface area contributed by atoms with Crippen LogP contribution in [0.1, 0.15) is 40.7 Å². The van der Waals surface area contributed by atoms with Crippen LogP contribution in [0, 0.1) is 0 Å². The molecule has 4 heterocycles. The molecular weight excluding hydrogens is 595 g/mol. The minimum atomic E-state index is -4.58. The van der Waals surface area contributed by atoms with E-state index in [2.05, 4.69) is 32.1 Å². The number of likely N-dealkylation sites (tertiary alicyclic amines) is 1. The molecule has 0 spiro atoms. The van der Waals surface area contributed by atoms with E-state index in [9.17, 15) is 22.8 Å². The minimum absolute atomic E-state index is 0.0172. The molecule has 0 radical (unpaired) electrons. The van der Waals surface area contributed by atoms with Gasteiger partial charge < -0.3 is 10.0 Å². The molecule has 0 bridgehead atoms. The highest BCUT2D eigenvalue weighted by molar-refractivity contribution is 7.16. The van der Waals surface area contributed by atoms with Gasteiger partial charge in [0.2, 0.25) is 0 Å². The number of benzene rings is 1. The van der Waals surface area contributed by atoms with Crippen molar-refractivity contribution in [2.45, 2.75) is 38.5 Å². The van der Waals surface area contributed by atoms with E-state index in [1.165, 1.54) is 29.8 Å². The van der Waals surface area contributed by atoms with Crippen molar-refractivity contribution in [1.82, 2.24) is 24.8 Å². The molecule has 3 aromatic rings. The Bertz CT molecular complexity index is 1450. The third-order valence-corrected chi connectivity index (χ3v) is 8.55. The van der Waals surface area contributed by atoms with Crippen molar-refractivity contribution in [3.05, 3.63) is 51.7 Å². The van der Waals surface area contributed by atoms with Crippen LogP contribution in [0.4, 0.5) is 24.1 Å². The molecule has 5 rings (SSSR count). The summed E-state index contributed by atoms with van der Waals surface area (Å²) in [6, 6.07) is 3.66. The van der Waals surface area contributed by atoms with Gasteiger partial charge in [-0.25, -0.2) is 15.0 Å². The van der Waals surface area contributed by atoms with E-state index in [4.69, 9.17) is 16.7 Å². The van der Waals surface area contributed by atoms with Gasteiger partial charge in [0, 0.05) is 54.2 Å². The zero-order chi connectivity index (χ0) is 30.0. The Morgan fingerprint density at radius 1 is 1.12 bits per heavy atom. The number of carboxylic acids is 1. The SMILES string of the molecule is CC1CCCN1Cc1sc(NC(=O)c2cnc(N3CCN(CC(=O)O)CC3)cn2)nc1-c1cc(Cl)cc(C(F)(F)F)c1. The molecule has 10 nitrogen and oxygen atoms in total. The van der Waals surface area contributed by atoms with Crippen LogP contribution in [-0.2, 0) is 17.5 Å². The summed E-state index contributed by atoms with van der Waals surface area (Å²) >= 11 is 7.27. The molecule has 2 aromatic heterocycles. The molecule has 0 aliphatic carbocycles. The number of rotatable bonds is 8. The number of halogens is 4. The summed E-state index contributed by atoms with van der Waals surface area (Å²) in [4.78, 5) is 43.9. The van der Waals surface area contributed by atoms with Crippen molar-refractivity contribution in [1.29, 1.82) is 0 Å². The quantitative estimate of drug-likeness (QED) is 0.368. The van der Waals surface area contributed by atoms with Gasteiger partial charge in [-0.15, -0.1) is 0 Å². The molecule has 2 N–H and O–H groups in total. The number of hydrogen-bond donors (Lipinski definition) is 2. The summed E-state index contributed by atoms with van der Waals surface area (Å²) in [5.41, 5.74) is -0.258. The number of hydrogen-bond acceptors (Lipinski definition) is 9. The molecule has 15 heteroatoms. The number of carboxylic acid groups (broad SMARTS) is 1. The number of aliphatic carboxylic acids is 1. The zero-order valence-corrected chi connectivity index (χ0v) is 24.3. The topological polar surface area (TPSA) is 115 Å². The Morgan fingerprint density at radius 3 is 2.50 bits per heavy atom. The van der Waals surface area contributed by atoms with E-state index < -0.39 is 23.6 Å². The molecule has 2 aliphatic rings. The number of nitrogens with one attached hydrogen (secondary N) is 1. The predicted octanol–water partition coefficient (Wildman–Crippen LogP) is 4.72. The van der Waals surface area contributed by atoms with E-state index in [1.54, 1.807) is 0 Å². The first-order chi connectivity index (χ1) is 20.0. The van der Waals surface area contributed by atoms with Crippen molar-refractivity contribution >= 4 is 45.8 Å². The number of piperazine rings is 1. The number of alkyl halides is 3. The van der Waals surface area contributed by atoms with Crippen LogP contribution >= 0.6 is 22.9 Å². The first kappa shape index (κ1) is 30.1. The summed E-state index contributed by atoms with van der Waals surface area (Å²) < 4.78 is 40.6. The molecule has 2 saturated heterocycles. The van der Waals surface area contributed by atoms with Gasteiger partial charge in [0.05, 0.1) is 30.2 Å². The number of carbonyl (C=O) groups excluding carboxylic acids is 1. The van der Waals surface area contributed by atoms with E-state index in [1.807, 2.05) is 9.80 Å². The van der Waals surface area contributed by atoms with Gasteiger partial charge >= 0.3 is 12.1 Å². The van der Waals surface area contributed by atoms with Gasteiger partial charge in [0.15, 0.2) is 5.13 Å². The van der Waals surface area contributed by atoms with Gasteiger partial charge in [-0.2, -0.15) is 13.2 Å². The van der Waals surface area contributed by atoms with Crippen molar-refractivity contribution in [2.75, 3.05) is 49.5 Å². The second-order valence-corrected chi connectivity index (χ2v) is 11.9. The molecular formula is C27H29ClF3N7O3S. The minimum Gasteiger partial charge on any atom is -0.480 e. The van der Waals surface area contributed by atoms with Crippen LogP contribution in [0.3, 0.4) is 0 Å². The molecule has 1 atom stereocenters. The summed E-state index contributed by atoms with van der Waals surface area (Å²) in [7, 11) is 0. The summed E-state index contributed by atoms with van der Waals surface area (Å²) in [6.07, 6.45) is 0.316. The third-order valence-electron chi connectivity index (χ3n) is 7.38. The molecule has 2 aliphatic heterocycles. The Labute approximate surface area is 249 Å². The molecule has 1 unspecified atom stereocenters. The van der Waals surface area contributed by atoms with Crippen molar-refractivity contribution < 1.29 is 27.9 Å². The Balaban J connectivity index is 1.34. The van der Waals surface area contributed by atoms with Gasteiger partial charge in [0.1, 0.15) is 11.5 Å². The lowest BCUT2D eigenvalue weighted by Gasteiger charge is -2.34. The van der Waals surface area contributed by atoms with Crippen LogP contribution in [-0.4, -0.2) is 87.0 Å². The van der Waals surface area contributed by atoms with Crippen LogP contribution in [0.15, 0.2) is 30.6 Å². The molecule has 2 fully saturated rings. The monoisotopic (exact) mass is 623 g/mol. The number of thiazole rings is 1. The first-order valence-corrected chi connectivity index (χ1v) is 14.6. The summed E-state index contributed by atoms with van der Waals surface area (Å²) in [6.45, 7) is 5.72. The average Bonchev–Trinajstić information content (AvgIpc) is 3.53. The van der Waals surface area contributed by atoms with E-state index >= 15 is 0 Å². The maximum atomic E-state index is 13.5. The normalized spacial score (nSPS) is 18.4. The number of anilines is 2. The van der Waals surface area contributed by atoms with Crippen LogP contribution in [0.5, 0.6) is 0 Å². The Kier molecular flexibility index (Phi) is 8.97. The standard InChI is InChI=1S/C27H29ClF3N7O3S/c1-16-3-2-4-38(16)14-21-24(17-9-18(27(29,30)31)11-19(28)10-17)34-26(42-21)35-25(41)20-12-33-22(13-32-20)37-7-5-36(6-8-37)15-23(39)40/h9-13,16H,2-8,14-15H2,1H3,(H,39,40)(H,34,35,41). The van der Waals surface area contributed by atoms with Crippen molar-refractivity contribution in [3.63, 3.8) is 0 Å². The number of carbonyl (C=O) groups is 2. The Morgan fingerprint density at radius 2 is 1.88 bits per heavy atom. The van der Waals surface area contributed by atoms with Gasteiger partial charge in [-0.1, -0.05) is 22.9 Å². The molecule has 224 valence electrons. The highest BCUT2D eigenvalue weighted by atomic mass is 35.5. The average molecular weight is 624 g/mol. The number of nitrogens with zero attached hydrogens (tertiary/aromatic N) is 6. The maximum absolute atomic E-state index is 13.5. The highest BCUT2D eigenvalue weighted by Crippen LogP contribution is 2.39. The van der Waals surface area contributed by atoms with Gasteiger partial charge in [-0.05, 0) is 44.5 Å². The van der Waals surface area contributed by atoms with Crippen molar-refractivity contribution in [2.24, 2.45) is 0 Å². The number of amides is 1. The van der Waals surface area contributed by atoms with Crippen LogP contribution in [0.25, 0.3) is 11.3 Å². The fraction of sp³-hybridized carbons (Fsp3) is 0.444. The van der Waals surface area contributed by atoms with Crippen LogP contribution in [0.2, 0.25) is 5.02 Å². The molecule has 42 heavy (non-hydrogen) atoms. The lowest BCUT2D eigenvalue weighted by atomic mass is 10.1. The lowest BCUT2D eigenvalue weighted by molar-refractivity contribution is -0.139. The smallest absolute Gasteiger partial charge is 0.416 e. The molecule has 0 saturated carbocycles. The predicted molar refractivity (Wildman–Crippen MR) is 153 cm³/mol. The maximum Gasteiger partial charge on any atom is 0.416 e. The van der Waals surface area contributed by atoms with Crippen molar-refractivity contribution in [3.8, 4) is 11.3 Å². The zero-order valence-electron chi connectivity index (χ0n) is 22.7. The van der Waals surface area contributed by atoms with Crippen LogP contribution < -0.4 is 10.2 Å². The molecule has 1 amide bonds. The Hall–Kier alpha value is -3.33. The third kappa shape index (κ3) is 7.17. The largest absolute Gasteiger partial charge is 0.480 e. The second kappa shape index (κ2) is 12.5. The van der Waals surface area contributed by atoms with Gasteiger partial charge in [0.25, 0.3) is 5.91 Å². The highest BCUT2D eigenvalue weighted by Gasteiger charge is 2.32. The van der Waals surface area contributed by atoms with E-state index in [0.29, 0.717) is 50.3 Å². The summed E-state index contributed by atoms with van der Waals surface area (Å²) in [5.74, 6) is -0.854. The summed E-state index contributed by atoms with van der Waals surface area (Å²) in [5, 5.41) is 11.9. The van der Waals surface area contributed by atoms with E-state index in [-0.39, 0.29) is 28.0 Å². The lowest BCUT2D eigenvalue weighted by Crippen LogP contribution is -2.48. The fourth-order valence-corrected chi connectivity index (χ4v) is 6.37. The fourth-order valence-electron chi connectivity index (χ4n) is 5.13. The first-order valence-electron chi connectivity index (χ1n) is 13.4. The molecule has 1 aromatic carbocycles. The van der Waals surface area contributed by atoms with Gasteiger partial charge in [-0.3, -0.25) is 24.7 Å². The second-order valence-electron chi connectivity index (χ2n) is 10.3. The number of aromatic nitrogens is 3.